The van der Waals surface area contributed by atoms with Crippen LogP contribution in [0.15, 0.2) is 156 Å². The third-order valence-corrected chi connectivity index (χ3v) is 10.4. The van der Waals surface area contributed by atoms with Crippen LogP contribution in [-0.4, -0.2) is 4.57 Å². The summed E-state index contributed by atoms with van der Waals surface area (Å²) in [6.45, 7) is 4.72. The van der Waals surface area contributed by atoms with Gasteiger partial charge >= 0.3 is 0 Å². The van der Waals surface area contributed by atoms with Gasteiger partial charge in [-0.05, 0) is 81.4 Å². The minimum Gasteiger partial charge on any atom is -0.455 e. The second-order valence-corrected chi connectivity index (χ2v) is 13.3. The van der Waals surface area contributed by atoms with Crippen molar-refractivity contribution >= 4 is 43.7 Å². The van der Waals surface area contributed by atoms with E-state index < -0.39 is 0 Å². The third-order valence-electron chi connectivity index (χ3n) is 10.4. The fourth-order valence-corrected chi connectivity index (χ4v) is 8.07. The van der Waals surface area contributed by atoms with E-state index in [9.17, 15) is 0 Å². The molecule has 1 aliphatic carbocycles. The van der Waals surface area contributed by atoms with E-state index in [1.807, 2.05) is 12.1 Å². The van der Waals surface area contributed by atoms with E-state index in [0.717, 1.165) is 38.8 Å². The first-order valence-corrected chi connectivity index (χ1v) is 16.4. The molecule has 0 atom stereocenters. The van der Waals surface area contributed by atoms with Crippen molar-refractivity contribution < 1.29 is 4.42 Å². The topological polar surface area (TPSA) is 18.1 Å². The van der Waals surface area contributed by atoms with E-state index >= 15 is 0 Å². The number of rotatable bonds is 3. The lowest BCUT2D eigenvalue weighted by Gasteiger charge is -2.21. The zero-order valence-electron chi connectivity index (χ0n) is 26.3. The Balaban J connectivity index is 1.20. The maximum Gasteiger partial charge on any atom is 0.143 e. The van der Waals surface area contributed by atoms with Gasteiger partial charge in [0.25, 0.3) is 0 Å². The van der Waals surface area contributed by atoms with Crippen molar-refractivity contribution in [2.75, 3.05) is 0 Å². The van der Waals surface area contributed by atoms with Crippen LogP contribution in [0.3, 0.4) is 0 Å². The molecule has 0 unspecified atom stereocenters. The minimum atomic E-state index is -0.0777. The number of hydrogen-bond acceptors (Lipinski definition) is 1. The van der Waals surface area contributed by atoms with Gasteiger partial charge in [-0.15, -0.1) is 0 Å². The van der Waals surface area contributed by atoms with Crippen molar-refractivity contribution in [1.82, 2.24) is 4.57 Å². The molecule has 222 valence electrons. The van der Waals surface area contributed by atoms with E-state index in [0.29, 0.717) is 0 Å². The molecule has 2 heteroatoms. The number of hydrogen-bond donors (Lipinski definition) is 0. The van der Waals surface area contributed by atoms with Crippen LogP contribution in [0.25, 0.3) is 82.8 Å². The van der Waals surface area contributed by atoms with Gasteiger partial charge in [-0.25, -0.2) is 0 Å². The Hall–Kier alpha value is -5.86. The lowest BCUT2D eigenvalue weighted by molar-refractivity contribution is 0.661. The van der Waals surface area contributed by atoms with E-state index in [-0.39, 0.29) is 5.41 Å². The quantitative estimate of drug-likeness (QED) is 0.197. The highest BCUT2D eigenvalue weighted by molar-refractivity contribution is 6.13. The van der Waals surface area contributed by atoms with Crippen LogP contribution >= 0.6 is 0 Å². The number of aromatic nitrogens is 1. The molecule has 7 aromatic carbocycles. The summed E-state index contributed by atoms with van der Waals surface area (Å²) >= 11 is 0. The van der Waals surface area contributed by atoms with Gasteiger partial charge in [0, 0.05) is 38.2 Å². The second kappa shape index (κ2) is 9.57. The molecule has 0 aliphatic heterocycles. The fraction of sp³-hybridized carbons (Fsp3) is 0.0667. The summed E-state index contributed by atoms with van der Waals surface area (Å²) in [7, 11) is 0. The third kappa shape index (κ3) is 3.73. The number of fused-ring (bicyclic) bond motifs is 9. The first-order chi connectivity index (χ1) is 23.1. The molecular formula is C45H31NO. The van der Waals surface area contributed by atoms with Gasteiger partial charge in [0.2, 0.25) is 0 Å². The predicted molar refractivity (Wildman–Crippen MR) is 196 cm³/mol. The minimum absolute atomic E-state index is 0.0777. The summed E-state index contributed by atoms with van der Waals surface area (Å²) in [5.41, 5.74) is 15.5. The zero-order valence-corrected chi connectivity index (χ0v) is 26.3. The standard InChI is InChI=1S/C45H31NO/c1-45(2)39-17-8-6-13-33(39)36-26-38-37-25-30(28-11-4-3-5-12-28)21-24-41(37)46(42(38)27-40(36)45)31-22-19-29(20-23-31)32-15-10-16-35-34-14-7-9-18-43(34)47-44(32)35/h3-27H,1-2H3. The zero-order chi connectivity index (χ0) is 31.3. The number of para-hydroxylation sites is 2. The van der Waals surface area contributed by atoms with Crippen molar-refractivity contribution in [3.05, 3.63) is 163 Å². The van der Waals surface area contributed by atoms with E-state index in [1.165, 1.54) is 55.2 Å². The Kier molecular flexibility index (Phi) is 5.37. The summed E-state index contributed by atoms with van der Waals surface area (Å²) in [6.07, 6.45) is 0. The van der Waals surface area contributed by atoms with Gasteiger partial charge in [-0.3, -0.25) is 0 Å². The molecule has 0 saturated heterocycles. The number of nitrogens with zero attached hydrogens (tertiary/aromatic N) is 1. The molecule has 10 rings (SSSR count). The molecule has 0 N–H and O–H groups in total. The Labute approximate surface area is 273 Å². The normalized spacial score (nSPS) is 13.5. The Morgan fingerprint density at radius 2 is 1.15 bits per heavy atom. The highest BCUT2D eigenvalue weighted by Crippen LogP contribution is 2.51. The van der Waals surface area contributed by atoms with Gasteiger partial charge in [-0.1, -0.05) is 123 Å². The Morgan fingerprint density at radius 1 is 0.447 bits per heavy atom. The largest absolute Gasteiger partial charge is 0.455 e. The molecule has 0 spiro atoms. The molecule has 0 fully saturated rings. The second-order valence-electron chi connectivity index (χ2n) is 13.3. The van der Waals surface area contributed by atoms with Crippen LogP contribution in [0.4, 0.5) is 0 Å². The molecule has 2 heterocycles. The lowest BCUT2D eigenvalue weighted by atomic mass is 9.82. The van der Waals surface area contributed by atoms with E-state index in [4.69, 9.17) is 4.42 Å². The van der Waals surface area contributed by atoms with Crippen LogP contribution in [0.2, 0.25) is 0 Å². The van der Waals surface area contributed by atoms with Crippen molar-refractivity contribution in [2.45, 2.75) is 19.3 Å². The van der Waals surface area contributed by atoms with Gasteiger partial charge in [-0.2, -0.15) is 0 Å². The molecule has 0 amide bonds. The summed E-state index contributed by atoms with van der Waals surface area (Å²) in [5.74, 6) is 0. The maximum atomic E-state index is 6.39. The first-order valence-electron chi connectivity index (χ1n) is 16.4. The number of furan rings is 1. The highest BCUT2D eigenvalue weighted by Gasteiger charge is 2.36. The van der Waals surface area contributed by atoms with Crippen LogP contribution < -0.4 is 0 Å². The van der Waals surface area contributed by atoms with Crippen molar-refractivity contribution in [2.24, 2.45) is 0 Å². The molecule has 0 radical (unpaired) electrons. The van der Waals surface area contributed by atoms with Gasteiger partial charge in [0.05, 0.1) is 11.0 Å². The van der Waals surface area contributed by atoms with Gasteiger partial charge < -0.3 is 8.98 Å². The molecule has 2 aromatic heterocycles. The monoisotopic (exact) mass is 601 g/mol. The smallest absolute Gasteiger partial charge is 0.143 e. The summed E-state index contributed by atoms with van der Waals surface area (Å²) < 4.78 is 8.84. The van der Waals surface area contributed by atoms with E-state index in [1.54, 1.807) is 0 Å². The Bertz CT molecular complexity index is 2690. The molecule has 0 bridgehead atoms. The van der Waals surface area contributed by atoms with Crippen LogP contribution in [-0.2, 0) is 5.41 Å². The van der Waals surface area contributed by atoms with Gasteiger partial charge in [0.15, 0.2) is 0 Å². The highest BCUT2D eigenvalue weighted by atomic mass is 16.3. The molecule has 9 aromatic rings. The first kappa shape index (κ1) is 26.4. The summed E-state index contributed by atoms with van der Waals surface area (Å²) in [6, 6.07) is 55.1. The fourth-order valence-electron chi connectivity index (χ4n) is 8.07. The van der Waals surface area contributed by atoms with Crippen molar-refractivity contribution in [1.29, 1.82) is 0 Å². The van der Waals surface area contributed by atoms with Gasteiger partial charge in [0.1, 0.15) is 11.2 Å². The maximum absolute atomic E-state index is 6.39. The van der Waals surface area contributed by atoms with Crippen molar-refractivity contribution in [3.63, 3.8) is 0 Å². The predicted octanol–water partition coefficient (Wildman–Crippen LogP) is 12.3. The number of benzene rings is 7. The van der Waals surface area contributed by atoms with E-state index in [2.05, 4.69) is 158 Å². The van der Waals surface area contributed by atoms with Crippen LogP contribution in [0.5, 0.6) is 0 Å². The lowest BCUT2D eigenvalue weighted by Crippen LogP contribution is -2.14. The SMILES string of the molecule is CC1(C)c2ccccc2-c2cc3c4cc(-c5ccccc5)ccc4n(-c4ccc(-c5cccc6c5oc5ccccc56)cc4)c3cc21. The molecule has 2 nitrogen and oxygen atoms in total. The average molecular weight is 602 g/mol. The molecule has 0 saturated carbocycles. The van der Waals surface area contributed by atoms with Crippen LogP contribution in [0.1, 0.15) is 25.0 Å². The average Bonchev–Trinajstić information content (AvgIpc) is 3.73. The molecular weight excluding hydrogens is 571 g/mol. The van der Waals surface area contributed by atoms with Crippen LogP contribution in [0, 0.1) is 0 Å². The summed E-state index contributed by atoms with van der Waals surface area (Å²) in [4.78, 5) is 0. The Morgan fingerprint density at radius 3 is 2.02 bits per heavy atom. The molecule has 47 heavy (non-hydrogen) atoms. The summed E-state index contributed by atoms with van der Waals surface area (Å²) in [5, 5.41) is 4.85. The van der Waals surface area contributed by atoms with Crippen molar-refractivity contribution in [3.8, 4) is 39.1 Å². The molecule has 1 aliphatic rings.